The number of carbonyl (C=O) groups is 1. The van der Waals surface area contributed by atoms with Crippen molar-refractivity contribution in [3.63, 3.8) is 0 Å². The summed E-state index contributed by atoms with van der Waals surface area (Å²) in [5.74, 6) is -0.0903. The lowest BCUT2D eigenvalue weighted by Crippen LogP contribution is -2.56. The maximum atomic E-state index is 12.4. The van der Waals surface area contributed by atoms with E-state index in [2.05, 4.69) is 15.7 Å². The molecule has 1 aliphatic carbocycles. The number of aromatic nitrogens is 1. The molecule has 0 radical (unpaired) electrons. The molecule has 1 heterocycles. The number of esters is 1. The van der Waals surface area contributed by atoms with E-state index < -0.39 is 5.54 Å². The van der Waals surface area contributed by atoms with Crippen LogP contribution in [0.15, 0.2) is 9.72 Å². The van der Waals surface area contributed by atoms with Crippen molar-refractivity contribution in [1.29, 1.82) is 0 Å². The normalized spacial score (nSPS) is 25.8. The van der Waals surface area contributed by atoms with E-state index >= 15 is 0 Å². The second kappa shape index (κ2) is 7.61. The first-order chi connectivity index (χ1) is 10.1. The third-order valence-electron chi connectivity index (χ3n) is 3.75. The number of hydrogen-bond donors (Lipinski definition) is 1. The molecule has 2 rings (SSSR count). The van der Waals surface area contributed by atoms with E-state index in [4.69, 9.17) is 4.74 Å². The molecule has 21 heavy (non-hydrogen) atoms. The molecule has 6 heteroatoms. The topological polar surface area (TPSA) is 51.2 Å². The minimum Gasteiger partial charge on any atom is -0.465 e. The quantitative estimate of drug-likeness (QED) is 0.811. The maximum Gasteiger partial charge on any atom is 0.326 e. The summed E-state index contributed by atoms with van der Waals surface area (Å²) in [4.78, 5) is 16.9. The third kappa shape index (κ3) is 4.20. The smallest absolute Gasteiger partial charge is 0.326 e. The summed E-state index contributed by atoms with van der Waals surface area (Å²) >= 11 is 3.50. The lowest BCUT2D eigenvalue weighted by atomic mass is 9.81. The number of hydrogen-bond acceptors (Lipinski definition) is 6. The molecule has 118 valence electrons. The number of aryl methyl sites for hydroxylation is 1. The Morgan fingerprint density at radius 2 is 2.43 bits per heavy atom. The van der Waals surface area contributed by atoms with Gasteiger partial charge in [-0.3, -0.25) is 4.79 Å². The number of carbonyl (C=O) groups excluding carboxylic acids is 1. The molecule has 4 nitrogen and oxygen atoms in total. The summed E-state index contributed by atoms with van der Waals surface area (Å²) < 4.78 is 6.42. The monoisotopic (exact) mass is 328 g/mol. The summed E-state index contributed by atoms with van der Waals surface area (Å²) in [5.41, 5.74) is 0.564. The van der Waals surface area contributed by atoms with Gasteiger partial charge in [0.25, 0.3) is 0 Å². The van der Waals surface area contributed by atoms with Gasteiger partial charge in [0, 0.05) is 16.3 Å². The minimum atomic E-state index is -0.507. The molecule has 0 amide bonds. The summed E-state index contributed by atoms with van der Waals surface area (Å²) in [6, 6.07) is 0. The second-order valence-corrected chi connectivity index (χ2v) is 7.83. The molecule has 1 aromatic heterocycles. The Balaban J connectivity index is 2.06. The predicted molar refractivity (Wildman–Crippen MR) is 88.0 cm³/mol. The van der Waals surface area contributed by atoms with Crippen molar-refractivity contribution in [2.24, 2.45) is 0 Å². The summed E-state index contributed by atoms with van der Waals surface area (Å²) in [6.45, 7) is 7.15. The Kier molecular flexibility index (Phi) is 6.08. The summed E-state index contributed by atoms with van der Waals surface area (Å²) in [5, 5.41) is 5.90. The Morgan fingerprint density at radius 1 is 1.62 bits per heavy atom. The van der Waals surface area contributed by atoms with Crippen LogP contribution in [0.5, 0.6) is 0 Å². The largest absolute Gasteiger partial charge is 0.465 e. The van der Waals surface area contributed by atoms with Crippen LogP contribution in [0.3, 0.4) is 0 Å². The van der Waals surface area contributed by atoms with Gasteiger partial charge in [-0.2, -0.15) is 0 Å². The number of ether oxygens (including phenoxy) is 1. The lowest BCUT2D eigenvalue weighted by molar-refractivity contribution is -0.152. The highest BCUT2D eigenvalue weighted by atomic mass is 32.2. The molecule has 1 fully saturated rings. The fourth-order valence-electron chi connectivity index (χ4n) is 2.88. The van der Waals surface area contributed by atoms with Gasteiger partial charge in [0.2, 0.25) is 0 Å². The van der Waals surface area contributed by atoms with Crippen LogP contribution >= 0.6 is 23.1 Å². The second-order valence-electron chi connectivity index (χ2n) is 5.42. The number of nitrogens with zero attached hydrogens (tertiary/aromatic N) is 1. The van der Waals surface area contributed by atoms with Gasteiger partial charge in [-0.05, 0) is 46.1 Å². The van der Waals surface area contributed by atoms with Gasteiger partial charge in [-0.1, -0.05) is 18.7 Å². The predicted octanol–water partition coefficient (Wildman–Crippen LogP) is 3.40. The van der Waals surface area contributed by atoms with E-state index in [0.717, 1.165) is 42.3 Å². The first kappa shape index (κ1) is 16.8. The van der Waals surface area contributed by atoms with E-state index in [1.807, 2.05) is 32.5 Å². The highest BCUT2D eigenvalue weighted by molar-refractivity contribution is 8.01. The third-order valence-corrected chi connectivity index (χ3v) is 6.11. The highest BCUT2D eigenvalue weighted by Crippen LogP contribution is 2.39. The van der Waals surface area contributed by atoms with Crippen LogP contribution in [0.4, 0.5) is 0 Å². The van der Waals surface area contributed by atoms with Crippen LogP contribution in [-0.2, 0) is 9.53 Å². The first-order valence-corrected chi connectivity index (χ1v) is 9.36. The van der Waals surface area contributed by atoms with Crippen molar-refractivity contribution in [2.75, 3.05) is 13.2 Å². The molecule has 0 saturated heterocycles. The van der Waals surface area contributed by atoms with E-state index in [1.165, 1.54) is 0 Å². The molecule has 0 aliphatic heterocycles. The number of thioether (sulfide) groups is 1. The van der Waals surface area contributed by atoms with Gasteiger partial charge in [0.1, 0.15) is 9.88 Å². The lowest BCUT2D eigenvalue weighted by Gasteiger charge is -2.38. The number of rotatable bonds is 6. The SMILES string of the molecule is CCNC1(C(=O)OCC)CCCC(Sc2nc(C)cs2)C1. The molecular weight excluding hydrogens is 304 g/mol. The van der Waals surface area contributed by atoms with Gasteiger partial charge in [0.05, 0.1) is 6.61 Å². The van der Waals surface area contributed by atoms with Crippen molar-refractivity contribution < 1.29 is 9.53 Å². The van der Waals surface area contributed by atoms with E-state index in [9.17, 15) is 4.79 Å². The summed E-state index contributed by atoms with van der Waals surface area (Å²) in [7, 11) is 0. The molecule has 1 N–H and O–H groups in total. The Hall–Kier alpha value is -0.590. The van der Waals surface area contributed by atoms with Crippen LogP contribution in [-0.4, -0.2) is 34.9 Å². The zero-order valence-corrected chi connectivity index (χ0v) is 14.6. The zero-order chi connectivity index (χ0) is 15.3. The van der Waals surface area contributed by atoms with Crippen LogP contribution in [0.25, 0.3) is 0 Å². The Labute approximate surface area is 135 Å². The average molecular weight is 329 g/mol. The van der Waals surface area contributed by atoms with Crippen molar-refractivity contribution in [3.8, 4) is 0 Å². The minimum absolute atomic E-state index is 0.0903. The van der Waals surface area contributed by atoms with Crippen LogP contribution in [0.1, 0.15) is 45.2 Å². The van der Waals surface area contributed by atoms with E-state index in [0.29, 0.717) is 11.9 Å². The molecule has 2 unspecified atom stereocenters. The van der Waals surface area contributed by atoms with Crippen molar-refractivity contribution in [1.82, 2.24) is 10.3 Å². The van der Waals surface area contributed by atoms with Gasteiger partial charge in [-0.15, -0.1) is 11.3 Å². The molecule has 0 spiro atoms. The molecule has 0 aromatic carbocycles. The van der Waals surface area contributed by atoms with Crippen LogP contribution in [0.2, 0.25) is 0 Å². The van der Waals surface area contributed by atoms with Gasteiger partial charge in [-0.25, -0.2) is 4.98 Å². The summed E-state index contributed by atoms with van der Waals surface area (Å²) in [6.07, 6.45) is 3.88. The Morgan fingerprint density at radius 3 is 3.05 bits per heavy atom. The van der Waals surface area contributed by atoms with Crippen LogP contribution < -0.4 is 5.32 Å². The van der Waals surface area contributed by atoms with Gasteiger partial charge < -0.3 is 10.1 Å². The molecule has 1 aliphatic rings. The van der Waals surface area contributed by atoms with E-state index in [-0.39, 0.29) is 5.97 Å². The maximum absolute atomic E-state index is 12.4. The number of nitrogens with one attached hydrogen (secondary N) is 1. The fraction of sp³-hybridized carbons (Fsp3) is 0.733. The van der Waals surface area contributed by atoms with Gasteiger partial charge in [0.15, 0.2) is 0 Å². The van der Waals surface area contributed by atoms with Gasteiger partial charge >= 0.3 is 5.97 Å². The zero-order valence-electron chi connectivity index (χ0n) is 13.0. The highest BCUT2D eigenvalue weighted by Gasteiger charge is 2.43. The molecule has 1 aromatic rings. The fourth-order valence-corrected chi connectivity index (χ4v) is 5.31. The number of thiazole rings is 1. The molecule has 0 bridgehead atoms. The van der Waals surface area contributed by atoms with Crippen molar-refractivity contribution in [2.45, 2.75) is 61.6 Å². The molecule has 1 saturated carbocycles. The van der Waals surface area contributed by atoms with Crippen molar-refractivity contribution in [3.05, 3.63) is 11.1 Å². The molecular formula is C15H24N2O2S2. The first-order valence-electron chi connectivity index (χ1n) is 7.60. The standard InChI is InChI=1S/C15H24N2O2S2/c1-4-16-15(13(18)19-5-2)8-6-7-12(9-15)21-14-17-11(3)10-20-14/h10,12,16H,4-9H2,1-3H3. The molecule has 2 atom stereocenters. The Bertz CT molecular complexity index is 474. The van der Waals surface area contributed by atoms with Crippen molar-refractivity contribution >= 4 is 29.1 Å². The average Bonchev–Trinajstić information content (AvgIpc) is 2.85. The number of likely N-dealkylation sites (N-methyl/N-ethyl adjacent to an activating group) is 1. The van der Waals surface area contributed by atoms with E-state index in [1.54, 1.807) is 11.3 Å². The van der Waals surface area contributed by atoms with Crippen LogP contribution in [0, 0.1) is 6.92 Å².